The number of hydrogen-bond donors (Lipinski definition) is 0. The zero-order chi connectivity index (χ0) is 12.7. The number of thiophene rings is 1. The van der Waals surface area contributed by atoms with Gasteiger partial charge in [0.1, 0.15) is 4.70 Å². The number of nitrogens with zero attached hydrogens (tertiary/aromatic N) is 3. The van der Waals surface area contributed by atoms with E-state index >= 15 is 0 Å². The van der Waals surface area contributed by atoms with E-state index in [1.54, 1.807) is 17.7 Å². The summed E-state index contributed by atoms with van der Waals surface area (Å²) in [5.74, 6) is 0. The lowest BCUT2D eigenvalue weighted by Crippen LogP contribution is -2.35. The molecule has 18 heavy (non-hydrogen) atoms. The van der Waals surface area contributed by atoms with Crippen LogP contribution in [0.2, 0.25) is 0 Å². The molecule has 1 aliphatic rings. The van der Waals surface area contributed by atoms with Gasteiger partial charge in [-0.3, -0.25) is 9.36 Å². The van der Waals surface area contributed by atoms with Crippen molar-refractivity contribution in [2.24, 2.45) is 0 Å². The zero-order valence-corrected chi connectivity index (χ0v) is 11.5. The molecule has 0 bridgehead atoms. The predicted octanol–water partition coefficient (Wildman–Crippen LogP) is 2.03. The average molecular weight is 263 g/mol. The van der Waals surface area contributed by atoms with E-state index in [4.69, 9.17) is 0 Å². The summed E-state index contributed by atoms with van der Waals surface area (Å²) >= 11 is 1.55. The first kappa shape index (κ1) is 11.9. The fourth-order valence-corrected chi connectivity index (χ4v) is 3.48. The maximum absolute atomic E-state index is 12.4. The zero-order valence-electron chi connectivity index (χ0n) is 10.7. The summed E-state index contributed by atoms with van der Waals surface area (Å²) in [5, 5.41) is 0. The second-order valence-electron chi connectivity index (χ2n) is 5.06. The molecule has 0 saturated carbocycles. The van der Waals surface area contributed by atoms with E-state index in [0.717, 1.165) is 41.0 Å². The van der Waals surface area contributed by atoms with Crippen LogP contribution in [0.25, 0.3) is 10.2 Å². The summed E-state index contributed by atoms with van der Waals surface area (Å²) in [5.41, 5.74) is 0.972. The summed E-state index contributed by atoms with van der Waals surface area (Å²) < 4.78 is 2.64. The van der Waals surface area contributed by atoms with Gasteiger partial charge in [-0.05, 0) is 46.0 Å². The largest absolute Gasteiger partial charge is 0.306 e. The molecule has 1 saturated heterocycles. The molecule has 0 spiro atoms. The maximum atomic E-state index is 12.4. The fourth-order valence-electron chi connectivity index (χ4n) is 2.58. The molecule has 0 amide bonds. The molecule has 2 aromatic rings. The van der Waals surface area contributed by atoms with Gasteiger partial charge in [-0.15, -0.1) is 11.3 Å². The number of likely N-dealkylation sites (tertiary alicyclic amines) is 1. The standard InChI is InChI=1S/C13H17N3OS/c1-9-7-11-12(18-9)13(17)16(8-14-11)10-3-5-15(2)6-4-10/h7-8,10H,3-6H2,1-2H3. The van der Waals surface area contributed by atoms with Gasteiger partial charge in [-0.2, -0.15) is 0 Å². The van der Waals surface area contributed by atoms with Crippen LogP contribution in [0.1, 0.15) is 23.8 Å². The Kier molecular flexibility index (Phi) is 2.95. The van der Waals surface area contributed by atoms with Crippen LogP contribution < -0.4 is 5.56 Å². The van der Waals surface area contributed by atoms with Crippen LogP contribution in [0.15, 0.2) is 17.2 Å². The molecule has 96 valence electrons. The van der Waals surface area contributed by atoms with Crippen molar-refractivity contribution in [2.75, 3.05) is 20.1 Å². The van der Waals surface area contributed by atoms with Crippen LogP contribution in [0.5, 0.6) is 0 Å². The van der Waals surface area contributed by atoms with E-state index in [2.05, 4.69) is 16.9 Å². The van der Waals surface area contributed by atoms with Gasteiger partial charge in [0.05, 0.1) is 11.8 Å². The van der Waals surface area contributed by atoms with Crippen LogP contribution in [-0.4, -0.2) is 34.6 Å². The average Bonchev–Trinajstić information content (AvgIpc) is 2.73. The van der Waals surface area contributed by atoms with Gasteiger partial charge < -0.3 is 4.90 Å². The molecule has 1 aliphatic heterocycles. The lowest BCUT2D eigenvalue weighted by atomic mass is 10.1. The minimum Gasteiger partial charge on any atom is -0.306 e. The Morgan fingerprint density at radius 2 is 2.11 bits per heavy atom. The topological polar surface area (TPSA) is 38.1 Å². The number of aromatic nitrogens is 2. The molecule has 0 unspecified atom stereocenters. The molecular weight excluding hydrogens is 246 g/mol. The third-order valence-electron chi connectivity index (χ3n) is 3.67. The molecule has 1 fully saturated rings. The van der Waals surface area contributed by atoms with Gasteiger partial charge in [0.25, 0.3) is 5.56 Å². The van der Waals surface area contributed by atoms with Crippen molar-refractivity contribution in [3.05, 3.63) is 27.6 Å². The molecule has 3 rings (SSSR count). The lowest BCUT2D eigenvalue weighted by Gasteiger charge is -2.29. The van der Waals surface area contributed by atoms with Crippen LogP contribution in [-0.2, 0) is 0 Å². The van der Waals surface area contributed by atoms with Crippen molar-refractivity contribution in [2.45, 2.75) is 25.8 Å². The van der Waals surface area contributed by atoms with Gasteiger partial charge in [0, 0.05) is 10.9 Å². The molecule has 4 nitrogen and oxygen atoms in total. The summed E-state index contributed by atoms with van der Waals surface area (Å²) in [6.07, 6.45) is 3.80. The summed E-state index contributed by atoms with van der Waals surface area (Å²) in [7, 11) is 2.13. The lowest BCUT2D eigenvalue weighted by molar-refractivity contribution is 0.218. The van der Waals surface area contributed by atoms with E-state index < -0.39 is 0 Å². The summed E-state index contributed by atoms with van der Waals surface area (Å²) in [6, 6.07) is 2.30. The molecule has 5 heteroatoms. The smallest absolute Gasteiger partial charge is 0.271 e. The Morgan fingerprint density at radius 1 is 1.39 bits per heavy atom. The Bertz CT molecular complexity index is 623. The monoisotopic (exact) mass is 263 g/mol. The molecular formula is C13H17N3OS. The molecule has 0 radical (unpaired) electrons. The first-order chi connectivity index (χ1) is 8.65. The highest BCUT2D eigenvalue weighted by Crippen LogP contribution is 2.23. The minimum atomic E-state index is 0.132. The Morgan fingerprint density at radius 3 is 2.83 bits per heavy atom. The van der Waals surface area contributed by atoms with Crippen molar-refractivity contribution < 1.29 is 0 Å². The number of hydrogen-bond acceptors (Lipinski definition) is 4. The van der Waals surface area contributed by atoms with Crippen molar-refractivity contribution in [3.8, 4) is 0 Å². The van der Waals surface area contributed by atoms with Crippen molar-refractivity contribution in [1.29, 1.82) is 0 Å². The van der Waals surface area contributed by atoms with E-state index in [-0.39, 0.29) is 5.56 Å². The quantitative estimate of drug-likeness (QED) is 0.790. The third-order valence-corrected chi connectivity index (χ3v) is 4.69. The highest BCUT2D eigenvalue weighted by molar-refractivity contribution is 7.18. The Labute approximate surface area is 110 Å². The second kappa shape index (κ2) is 4.48. The molecule has 0 atom stereocenters. The van der Waals surface area contributed by atoms with Crippen molar-refractivity contribution in [3.63, 3.8) is 0 Å². The normalized spacial score (nSPS) is 18.6. The fraction of sp³-hybridized carbons (Fsp3) is 0.538. The van der Waals surface area contributed by atoms with E-state index in [9.17, 15) is 4.79 Å². The maximum Gasteiger partial charge on any atom is 0.271 e. The molecule has 0 aromatic carbocycles. The molecule has 0 N–H and O–H groups in total. The first-order valence-electron chi connectivity index (χ1n) is 6.31. The van der Waals surface area contributed by atoms with E-state index in [1.165, 1.54) is 0 Å². The molecule has 3 heterocycles. The summed E-state index contributed by atoms with van der Waals surface area (Å²) in [6.45, 7) is 4.13. The Balaban J connectivity index is 2.02. The highest BCUT2D eigenvalue weighted by Gasteiger charge is 2.20. The van der Waals surface area contributed by atoms with Crippen LogP contribution >= 0.6 is 11.3 Å². The number of rotatable bonds is 1. The van der Waals surface area contributed by atoms with Gasteiger partial charge in [-0.1, -0.05) is 0 Å². The SMILES string of the molecule is Cc1cc2ncn(C3CCN(C)CC3)c(=O)c2s1. The third kappa shape index (κ3) is 1.97. The van der Waals surface area contributed by atoms with Crippen molar-refractivity contribution >= 4 is 21.6 Å². The first-order valence-corrected chi connectivity index (χ1v) is 7.12. The van der Waals surface area contributed by atoms with Gasteiger partial charge in [-0.25, -0.2) is 4.98 Å². The predicted molar refractivity (Wildman–Crippen MR) is 74.4 cm³/mol. The Hall–Kier alpha value is -1.20. The van der Waals surface area contributed by atoms with Crippen LogP contribution in [0.3, 0.4) is 0 Å². The minimum absolute atomic E-state index is 0.132. The second-order valence-corrected chi connectivity index (χ2v) is 6.32. The number of piperidine rings is 1. The molecule has 0 aliphatic carbocycles. The van der Waals surface area contributed by atoms with Gasteiger partial charge >= 0.3 is 0 Å². The van der Waals surface area contributed by atoms with Crippen LogP contribution in [0.4, 0.5) is 0 Å². The van der Waals surface area contributed by atoms with Crippen LogP contribution in [0, 0.1) is 6.92 Å². The van der Waals surface area contributed by atoms with Crippen molar-refractivity contribution in [1.82, 2.24) is 14.5 Å². The number of aryl methyl sites for hydroxylation is 1. The van der Waals surface area contributed by atoms with E-state index in [0.29, 0.717) is 6.04 Å². The number of fused-ring (bicyclic) bond motifs is 1. The van der Waals surface area contributed by atoms with E-state index in [1.807, 2.05) is 17.6 Å². The van der Waals surface area contributed by atoms with Gasteiger partial charge in [0.15, 0.2) is 0 Å². The summed E-state index contributed by atoms with van der Waals surface area (Å²) in [4.78, 5) is 20.3. The molecule has 2 aromatic heterocycles. The van der Waals surface area contributed by atoms with Gasteiger partial charge in [0.2, 0.25) is 0 Å². The highest BCUT2D eigenvalue weighted by atomic mass is 32.1.